The van der Waals surface area contributed by atoms with E-state index in [1.807, 2.05) is 54.0 Å². The smallest absolute Gasteiger partial charge is 0.196 e. The molecule has 1 heterocycles. The zero-order valence-corrected chi connectivity index (χ0v) is 21.0. The summed E-state index contributed by atoms with van der Waals surface area (Å²) in [4.78, 5) is 12.8. The summed E-state index contributed by atoms with van der Waals surface area (Å²) in [6.45, 7) is 2.02. The lowest BCUT2D eigenvalue weighted by molar-refractivity contribution is 0.102. The van der Waals surface area contributed by atoms with E-state index in [9.17, 15) is 4.79 Å². The number of aryl methyl sites for hydroxylation is 1. The lowest BCUT2D eigenvalue weighted by Crippen LogP contribution is -2.05. The molecule has 0 aliphatic carbocycles. The van der Waals surface area contributed by atoms with Crippen molar-refractivity contribution in [2.75, 3.05) is 20.0 Å². The molecular weight excluding hydrogens is 493 g/mol. The molecule has 174 valence electrons. The van der Waals surface area contributed by atoms with Crippen LogP contribution in [-0.4, -0.2) is 40.5 Å². The first-order chi connectivity index (χ1) is 16.4. The number of carbonyl (C=O) groups excluding carboxylic acids is 1. The molecule has 9 heteroatoms. The molecule has 6 nitrogen and oxygen atoms in total. The van der Waals surface area contributed by atoms with Crippen molar-refractivity contribution in [1.29, 1.82) is 0 Å². The zero-order valence-electron chi connectivity index (χ0n) is 18.7. The fraction of sp³-hybridized carbons (Fsp3) is 0.160. The van der Waals surface area contributed by atoms with Crippen molar-refractivity contribution in [3.8, 4) is 28.6 Å². The Balaban J connectivity index is 1.70. The van der Waals surface area contributed by atoms with Gasteiger partial charge in [-0.3, -0.25) is 9.36 Å². The third-order valence-corrected chi connectivity index (χ3v) is 6.81. The average Bonchev–Trinajstić information content (AvgIpc) is 3.28. The highest BCUT2D eigenvalue weighted by atomic mass is 35.5. The topological polar surface area (TPSA) is 66.2 Å². The van der Waals surface area contributed by atoms with Crippen LogP contribution < -0.4 is 9.47 Å². The average molecular weight is 514 g/mol. The molecule has 0 radical (unpaired) electrons. The van der Waals surface area contributed by atoms with Gasteiger partial charge < -0.3 is 9.47 Å². The van der Waals surface area contributed by atoms with Crippen LogP contribution in [-0.2, 0) is 0 Å². The fourth-order valence-electron chi connectivity index (χ4n) is 3.34. The summed E-state index contributed by atoms with van der Waals surface area (Å²) in [7, 11) is 3.17. The minimum atomic E-state index is -0.0883. The Kier molecular flexibility index (Phi) is 7.46. The van der Waals surface area contributed by atoms with E-state index in [2.05, 4.69) is 10.2 Å². The predicted molar refractivity (Wildman–Crippen MR) is 136 cm³/mol. The molecule has 0 saturated heterocycles. The Morgan fingerprint density at radius 3 is 2.32 bits per heavy atom. The first-order valence-electron chi connectivity index (χ1n) is 10.3. The molecule has 0 N–H and O–H groups in total. The van der Waals surface area contributed by atoms with Crippen molar-refractivity contribution < 1.29 is 14.3 Å². The number of halogens is 2. The standard InChI is InChI=1S/C25H21Cl2N3O3S/c1-15-4-8-18(9-5-15)30-24(17-7-11-22(32-2)23(13-17)33-3)28-29-25(30)34-14-21(31)16-6-10-19(26)20(27)12-16/h4-13H,14H2,1-3H3. The van der Waals surface area contributed by atoms with Gasteiger partial charge >= 0.3 is 0 Å². The fourth-order valence-corrected chi connectivity index (χ4v) is 4.48. The van der Waals surface area contributed by atoms with Gasteiger partial charge in [-0.05, 0) is 55.5 Å². The molecule has 0 amide bonds. The SMILES string of the molecule is COc1ccc(-c2nnc(SCC(=O)c3ccc(Cl)c(Cl)c3)n2-c2ccc(C)cc2)cc1OC. The number of hydrogen-bond donors (Lipinski definition) is 0. The molecule has 0 atom stereocenters. The van der Waals surface area contributed by atoms with Crippen LogP contribution in [0, 0.1) is 6.92 Å². The quantitative estimate of drug-likeness (QED) is 0.197. The molecule has 0 bridgehead atoms. The zero-order chi connectivity index (χ0) is 24.2. The van der Waals surface area contributed by atoms with Crippen molar-refractivity contribution in [1.82, 2.24) is 14.8 Å². The Hall–Kier alpha value is -3.00. The predicted octanol–water partition coefficient (Wildman–Crippen LogP) is 6.54. The van der Waals surface area contributed by atoms with E-state index in [4.69, 9.17) is 32.7 Å². The largest absolute Gasteiger partial charge is 0.493 e. The van der Waals surface area contributed by atoms with Crippen LogP contribution in [0.5, 0.6) is 11.5 Å². The first-order valence-corrected chi connectivity index (χ1v) is 12.0. The summed E-state index contributed by atoms with van der Waals surface area (Å²) in [6.07, 6.45) is 0. The van der Waals surface area contributed by atoms with Gasteiger partial charge in [0, 0.05) is 16.8 Å². The minimum absolute atomic E-state index is 0.0883. The maximum Gasteiger partial charge on any atom is 0.196 e. The van der Waals surface area contributed by atoms with Crippen molar-refractivity contribution in [3.05, 3.63) is 81.8 Å². The van der Waals surface area contributed by atoms with Crippen LogP contribution in [0.2, 0.25) is 10.0 Å². The maximum absolute atomic E-state index is 12.8. The van der Waals surface area contributed by atoms with Gasteiger partial charge in [-0.2, -0.15) is 0 Å². The Labute approximate surface area is 211 Å². The van der Waals surface area contributed by atoms with Crippen LogP contribution >= 0.6 is 35.0 Å². The van der Waals surface area contributed by atoms with Gasteiger partial charge in [0.15, 0.2) is 28.3 Å². The highest BCUT2D eigenvalue weighted by molar-refractivity contribution is 7.99. The molecule has 0 saturated carbocycles. The second-order valence-electron chi connectivity index (χ2n) is 7.39. The number of nitrogens with zero attached hydrogens (tertiary/aromatic N) is 3. The Bertz CT molecular complexity index is 1340. The summed E-state index contributed by atoms with van der Waals surface area (Å²) in [5.41, 5.74) is 3.30. The summed E-state index contributed by atoms with van der Waals surface area (Å²) in [5, 5.41) is 10.2. The Morgan fingerprint density at radius 1 is 0.912 bits per heavy atom. The summed E-state index contributed by atoms with van der Waals surface area (Å²) >= 11 is 13.3. The summed E-state index contributed by atoms with van der Waals surface area (Å²) < 4.78 is 12.7. The molecule has 0 aliphatic heterocycles. The van der Waals surface area contributed by atoms with Gasteiger partial charge in [0.2, 0.25) is 0 Å². The number of benzene rings is 3. The highest BCUT2D eigenvalue weighted by Gasteiger charge is 2.19. The molecule has 1 aromatic heterocycles. The maximum atomic E-state index is 12.8. The molecule has 4 aromatic rings. The number of carbonyl (C=O) groups is 1. The third kappa shape index (κ3) is 5.06. The molecule has 4 rings (SSSR count). The lowest BCUT2D eigenvalue weighted by Gasteiger charge is -2.12. The van der Waals surface area contributed by atoms with E-state index in [0.29, 0.717) is 38.1 Å². The minimum Gasteiger partial charge on any atom is -0.493 e. The number of aromatic nitrogens is 3. The molecule has 0 spiro atoms. The van der Waals surface area contributed by atoms with Crippen LogP contribution in [0.4, 0.5) is 0 Å². The van der Waals surface area contributed by atoms with Gasteiger partial charge in [-0.1, -0.05) is 52.7 Å². The monoisotopic (exact) mass is 513 g/mol. The Morgan fingerprint density at radius 2 is 1.65 bits per heavy atom. The molecule has 0 fully saturated rings. The number of ketones is 1. The van der Waals surface area contributed by atoms with E-state index >= 15 is 0 Å². The van der Waals surface area contributed by atoms with Crippen molar-refractivity contribution >= 4 is 40.7 Å². The molecular formula is C25H21Cl2N3O3S. The number of rotatable bonds is 8. The van der Waals surface area contributed by atoms with Gasteiger partial charge in [-0.15, -0.1) is 10.2 Å². The summed E-state index contributed by atoms with van der Waals surface area (Å²) in [5.74, 6) is 1.90. The van der Waals surface area contributed by atoms with E-state index in [0.717, 1.165) is 16.8 Å². The summed E-state index contributed by atoms with van der Waals surface area (Å²) in [6, 6.07) is 18.4. The van der Waals surface area contributed by atoms with Crippen LogP contribution in [0.3, 0.4) is 0 Å². The van der Waals surface area contributed by atoms with Crippen molar-refractivity contribution in [2.24, 2.45) is 0 Å². The van der Waals surface area contributed by atoms with Gasteiger partial charge in [0.25, 0.3) is 0 Å². The second kappa shape index (κ2) is 10.5. The van der Waals surface area contributed by atoms with E-state index in [-0.39, 0.29) is 11.5 Å². The number of thioether (sulfide) groups is 1. The van der Waals surface area contributed by atoms with E-state index in [1.54, 1.807) is 32.4 Å². The van der Waals surface area contributed by atoms with Gasteiger partial charge in [-0.25, -0.2) is 0 Å². The first kappa shape index (κ1) is 24.1. The molecule has 0 unspecified atom stereocenters. The number of methoxy groups -OCH3 is 2. The molecule has 3 aromatic carbocycles. The van der Waals surface area contributed by atoms with E-state index < -0.39 is 0 Å². The number of Topliss-reactive ketones (excluding diaryl/α,β-unsaturated/α-hetero) is 1. The normalized spacial score (nSPS) is 10.9. The van der Waals surface area contributed by atoms with Crippen LogP contribution in [0.1, 0.15) is 15.9 Å². The van der Waals surface area contributed by atoms with E-state index in [1.165, 1.54) is 11.8 Å². The van der Waals surface area contributed by atoms with Gasteiger partial charge in [0.1, 0.15) is 0 Å². The highest BCUT2D eigenvalue weighted by Crippen LogP contribution is 2.34. The molecule has 0 aliphatic rings. The van der Waals surface area contributed by atoms with Crippen LogP contribution in [0.25, 0.3) is 17.1 Å². The van der Waals surface area contributed by atoms with Crippen LogP contribution in [0.15, 0.2) is 65.8 Å². The number of hydrogen-bond acceptors (Lipinski definition) is 6. The van der Waals surface area contributed by atoms with Crippen molar-refractivity contribution in [3.63, 3.8) is 0 Å². The third-order valence-electron chi connectivity index (χ3n) is 5.14. The van der Waals surface area contributed by atoms with Crippen molar-refractivity contribution in [2.45, 2.75) is 12.1 Å². The van der Waals surface area contributed by atoms with Gasteiger partial charge in [0.05, 0.1) is 30.0 Å². The molecule has 34 heavy (non-hydrogen) atoms. The second-order valence-corrected chi connectivity index (χ2v) is 9.14. The number of ether oxygens (including phenoxy) is 2. The lowest BCUT2D eigenvalue weighted by atomic mass is 10.1.